The Morgan fingerprint density at radius 3 is 2.53 bits per heavy atom. The van der Waals surface area contributed by atoms with Gasteiger partial charge in [0.2, 0.25) is 0 Å². The maximum Gasteiger partial charge on any atom is 0.335 e. The van der Waals surface area contributed by atoms with Crippen LogP contribution in [0.1, 0.15) is 17.3 Å². The number of oxime groups is 1. The van der Waals surface area contributed by atoms with Crippen LogP contribution in [0.4, 0.5) is 0 Å². The van der Waals surface area contributed by atoms with Gasteiger partial charge in [0.15, 0.2) is 0 Å². The fourth-order valence-corrected chi connectivity index (χ4v) is 2.17. The third-order valence-electron chi connectivity index (χ3n) is 2.28. The molecule has 0 fully saturated rings. The summed E-state index contributed by atoms with van der Waals surface area (Å²) in [6, 6.07) is 6.50. The Morgan fingerprint density at radius 2 is 2.05 bits per heavy atom. The van der Waals surface area contributed by atoms with Crippen LogP contribution in [-0.4, -0.2) is 40.6 Å². The average molecular weight is 283 g/mol. The highest BCUT2D eigenvalue weighted by Crippen LogP contribution is 2.18. The van der Waals surface area contributed by atoms with Crippen LogP contribution >= 0.6 is 11.8 Å². The molecule has 1 aromatic carbocycles. The van der Waals surface area contributed by atoms with E-state index in [0.717, 1.165) is 4.90 Å². The summed E-state index contributed by atoms with van der Waals surface area (Å²) in [6.07, 6.45) is 0. The van der Waals surface area contributed by atoms with Crippen molar-refractivity contribution < 1.29 is 25.1 Å². The standard InChI is InChI=1S/C12H14N2O4S/c1-8(14-18-2)11(13-17)7-19-10-5-3-9(4-6-10)12(15)16/h3-6,17H,7H2,1-2H3,(H,15,16)/p+1/b13-11-,14-8+. The van der Waals surface area contributed by atoms with Gasteiger partial charge in [0, 0.05) is 4.90 Å². The Kier molecular flexibility index (Phi) is 5.87. The van der Waals surface area contributed by atoms with Crippen LogP contribution in [0, 0.1) is 0 Å². The van der Waals surface area contributed by atoms with Crippen molar-refractivity contribution in [3.63, 3.8) is 0 Å². The van der Waals surface area contributed by atoms with Crippen molar-refractivity contribution in [1.29, 1.82) is 0 Å². The Hall–Kier alpha value is -2.02. The predicted molar refractivity (Wildman–Crippen MR) is 72.0 cm³/mol. The van der Waals surface area contributed by atoms with Gasteiger partial charge in [0.1, 0.15) is 12.8 Å². The molecule has 0 aliphatic carbocycles. The number of carboxylic acid groups (broad SMARTS) is 1. The molecule has 6 nitrogen and oxygen atoms in total. The first kappa shape index (κ1) is 15.0. The monoisotopic (exact) mass is 283 g/mol. The molecule has 19 heavy (non-hydrogen) atoms. The fourth-order valence-electron chi connectivity index (χ4n) is 1.26. The van der Waals surface area contributed by atoms with Gasteiger partial charge in [-0.05, 0) is 36.3 Å². The van der Waals surface area contributed by atoms with E-state index < -0.39 is 5.97 Å². The molecule has 0 aliphatic heterocycles. The van der Waals surface area contributed by atoms with Crippen LogP contribution in [-0.2, 0) is 4.84 Å². The zero-order chi connectivity index (χ0) is 14.3. The molecule has 1 aromatic rings. The molecule has 102 valence electrons. The SMILES string of the molecule is CO/N=C(C)/C(CSc1ccc(C(=O)O)cc1)=[NH+]\O. The largest absolute Gasteiger partial charge is 0.478 e. The zero-order valence-corrected chi connectivity index (χ0v) is 11.4. The van der Waals surface area contributed by atoms with E-state index in [2.05, 4.69) is 15.1 Å². The maximum atomic E-state index is 10.7. The van der Waals surface area contributed by atoms with Crippen LogP contribution in [0.3, 0.4) is 0 Å². The zero-order valence-electron chi connectivity index (χ0n) is 10.6. The number of rotatable bonds is 6. The number of aromatic carboxylic acids is 1. The van der Waals surface area contributed by atoms with Gasteiger partial charge in [0.05, 0.1) is 11.3 Å². The van der Waals surface area contributed by atoms with Gasteiger partial charge in [-0.1, -0.05) is 5.16 Å². The van der Waals surface area contributed by atoms with Crippen molar-refractivity contribution in [2.24, 2.45) is 5.16 Å². The van der Waals surface area contributed by atoms with Gasteiger partial charge in [-0.25, -0.2) is 4.79 Å². The van der Waals surface area contributed by atoms with Gasteiger partial charge in [-0.3, -0.25) is 5.21 Å². The van der Waals surface area contributed by atoms with E-state index in [1.165, 1.54) is 31.0 Å². The first-order valence-electron chi connectivity index (χ1n) is 5.38. The molecule has 0 amide bonds. The highest BCUT2D eigenvalue weighted by Gasteiger charge is 2.13. The van der Waals surface area contributed by atoms with E-state index >= 15 is 0 Å². The number of nitrogens with zero attached hydrogens (tertiary/aromatic N) is 1. The summed E-state index contributed by atoms with van der Waals surface area (Å²) >= 11 is 1.44. The molecule has 0 unspecified atom stereocenters. The van der Waals surface area contributed by atoms with Crippen LogP contribution < -0.4 is 5.16 Å². The topological polar surface area (TPSA) is 93.1 Å². The molecule has 0 atom stereocenters. The summed E-state index contributed by atoms with van der Waals surface area (Å²) in [5.41, 5.74) is 1.31. The molecular formula is C12H15N2O4S+. The Morgan fingerprint density at radius 1 is 1.42 bits per heavy atom. The molecule has 0 saturated heterocycles. The minimum atomic E-state index is -0.955. The van der Waals surface area contributed by atoms with E-state index in [0.29, 0.717) is 17.2 Å². The summed E-state index contributed by atoms with van der Waals surface area (Å²) in [7, 11) is 1.43. The molecule has 0 aromatic heterocycles. The number of carbonyl (C=O) groups is 1. The lowest BCUT2D eigenvalue weighted by Gasteiger charge is -2.01. The van der Waals surface area contributed by atoms with Crippen molar-refractivity contribution in [3.8, 4) is 0 Å². The van der Waals surface area contributed by atoms with Crippen molar-refractivity contribution in [1.82, 2.24) is 0 Å². The van der Waals surface area contributed by atoms with Crippen LogP contribution in [0.15, 0.2) is 34.3 Å². The Bertz CT molecular complexity index is 497. The number of benzene rings is 1. The molecule has 1 rings (SSSR count). The molecule has 0 aliphatic rings. The summed E-state index contributed by atoms with van der Waals surface area (Å²) in [5, 5.41) is 23.6. The molecule has 0 saturated carbocycles. The quantitative estimate of drug-likeness (QED) is 0.304. The van der Waals surface area contributed by atoms with E-state index in [1.54, 1.807) is 19.1 Å². The van der Waals surface area contributed by atoms with Crippen molar-refractivity contribution in [3.05, 3.63) is 29.8 Å². The number of carboxylic acids is 1. The van der Waals surface area contributed by atoms with Crippen LogP contribution in [0.25, 0.3) is 0 Å². The average Bonchev–Trinajstić information content (AvgIpc) is 2.40. The molecule has 0 bridgehead atoms. The van der Waals surface area contributed by atoms with Crippen LogP contribution in [0.2, 0.25) is 0 Å². The van der Waals surface area contributed by atoms with Gasteiger partial charge >= 0.3 is 5.97 Å². The summed E-state index contributed by atoms with van der Waals surface area (Å²) in [5.74, 6) is -0.495. The highest BCUT2D eigenvalue weighted by molar-refractivity contribution is 8.00. The smallest absolute Gasteiger partial charge is 0.335 e. The molecule has 0 radical (unpaired) electrons. The summed E-state index contributed by atoms with van der Waals surface area (Å²) < 4.78 is 0. The molecule has 0 spiro atoms. The van der Waals surface area contributed by atoms with Crippen molar-refractivity contribution in [2.45, 2.75) is 11.8 Å². The van der Waals surface area contributed by atoms with Gasteiger partial charge < -0.3 is 9.94 Å². The molecular weight excluding hydrogens is 268 g/mol. The first-order valence-corrected chi connectivity index (χ1v) is 6.37. The third kappa shape index (κ3) is 4.63. The van der Waals surface area contributed by atoms with E-state index in [1.807, 2.05) is 0 Å². The number of nitrogens with one attached hydrogen (secondary N) is 1. The van der Waals surface area contributed by atoms with Gasteiger partial charge in [-0.2, -0.15) is 0 Å². The van der Waals surface area contributed by atoms with Crippen molar-refractivity contribution >= 4 is 29.2 Å². The minimum Gasteiger partial charge on any atom is -0.478 e. The van der Waals surface area contributed by atoms with Gasteiger partial charge in [-0.15, -0.1) is 11.8 Å². The van der Waals surface area contributed by atoms with Crippen LogP contribution in [0.5, 0.6) is 0 Å². The first-order chi connectivity index (χ1) is 9.08. The normalized spacial score (nSPS) is 12.3. The second-order valence-corrected chi connectivity index (χ2v) is 4.62. The van der Waals surface area contributed by atoms with Gasteiger partial charge in [0.25, 0.3) is 5.71 Å². The van der Waals surface area contributed by atoms with Crippen molar-refractivity contribution in [2.75, 3.05) is 12.9 Å². The number of hydrogen-bond acceptors (Lipinski definition) is 5. The fraction of sp³-hybridized carbons (Fsp3) is 0.250. The second-order valence-electron chi connectivity index (χ2n) is 3.57. The molecule has 0 heterocycles. The predicted octanol–water partition coefficient (Wildman–Crippen LogP) is 0.410. The lowest BCUT2D eigenvalue weighted by molar-refractivity contribution is -0.736. The lowest BCUT2D eigenvalue weighted by Crippen LogP contribution is -2.71. The number of hydrogen-bond donors (Lipinski definition) is 3. The maximum absolute atomic E-state index is 10.7. The van der Waals surface area contributed by atoms with E-state index in [9.17, 15) is 4.79 Å². The second kappa shape index (κ2) is 7.42. The summed E-state index contributed by atoms with van der Waals surface area (Å²) in [6.45, 7) is 1.70. The third-order valence-corrected chi connectivity index (χ3v) is 3.32. The lowest BCUT2D eigenvalue weighted by atomic mass is 10.2. The minimum absolute atomic E-state index is 0.242. The highest BCUT2D eigenvalue weighted by atomic mass is 32.2. The summed E-state index contributed by atoms with van der Waals surface area (Å²) in [4.78, 5) is 16.2. The van der Waals surface area contributed by atoms with E-state index in [4.69, 9.17) is 10.3 Å². The molecule has 7 heteroatoms. The Balaban J connectivity index is 2.66. The molecule has 3 N–H and O–H groups in total. The van der Waals surface area contributed by atoms with E-state index in [-0.39, 0.29) is 5.56 Å². The Labute approximate surface area is 114 Å². The number of thioether (sulfide) groups is 1.